The highest BCUT2D eigenvalue weighted by atomic mass is 16.6. The van der Waals surface area contributed by atoms with Crippen molar-refractivity contribution in [1.29, 1.82) is 0 Å². The first-order chi connectivity index (χ1) is 10.4. The van der Waals surface area contributed by atoms with Crippen molar-refractivity contribution in [2.24, 2.45) is 0 Å². The van der Waals surface area contributed by atoms with Gasteiger partial charge in [0.15, 0.2) is 0 Å². The van der Waals surface area contributed by atoms with Gasteiger partial charge in [-0.25, -0.2) is 0 Å². The Kier molecular flexibility index (Phi) is 4.40. The summed E-state index contributed by atoms with van der Waals surface area (Å²) in [4.78, 5) is 22.5. The van der Waals surface area contributed by atoms with Crippen LogP contribution in [0.2, 0.25) is 0 Å². The van der Waals surface area contributed by atoms with Crippen LogP contribution in [0.25, 0.3) is 0 Å². The Bertz CT molecular complexity index is 711. The van der Waals surface area contributed by atoms with E-state index >= 15 is 0 Å². The lowest BCUT2D eigenvalue weighted by molar-refractivity contribution is -0.384. The molecular weight excluding hydrogens is 288 g/mol. The molecule has 1 N–H and O–H groups in total. The van der Waals surface area contributed by atoms with Crippen LogP contribution in [-0.4, -0.2) is 27.7 Å². The van der Waals surface area contributed by atoms with Gasteiger partial charge in [0.25, 0.3) is 5.69 Å². The van der Waals surface area contributed by atoms with Crippen LogP contribution in [0.15, 0.2) is 30.6 Å². The maximum absolute atomic E-state index is 12.2. The molecule has 0 fully saturated rings. The van der Waals surface area contributed by atoms with Crippen LogP contribution in [0.5, 0.6) is 5.75 Å². The maximum atomic E-state index is 12.2. The van der Waals surface area contributed by atoms with Crippen molar-refractivity contribution >= 4 is 17.3 Å². The smallest absolute Gasteiger partial charge is 0.273 e. The van der Waals surface area contributed by atoms with Crippen molar-refractivity contribution in [3.63, 3.8) is 0 Å². The lowest BCUT2D eigenvalue weighted by Gasteiger charge is -2.14. The molecule has 0 aliphatic rings. The first kappa shape index (κ1) is 15.5. The van der Waals surface area contributed by atoms with E-state index in [9.17, 15) is 14.9 Å². The van der Waals surface area contributed by atoms with Gasteiger partial charge >= 0.3 is 0 Å². The number of carbonyl (C=O) groups excluding carboxylic acids is 1. The second-order valence-electron chi connectivity index (χ2n) is 4.80. The van der Waals surface area contributed by atoms with Crippen molar-refractivity contribution in [2.45, 2.75) is 19.9 Å². The summed E-state index contributed by atoms with van der Waals surface area (Å²) in [6.07, 6.45) is 3.42. The molecule has 0 aliphatic carbocycles. The van der Waals surface area contributed by atoms with E-state index in [1.54, 1.807) is 24.0 Å². The molecule has 0 saturated heterocycles. The zero-order valence-corrected chi connectivity index (χ0v) is 12.4. The summed E-state index contributed by atoms with van der Waals surface area (Å²) >= 11 is 0. The number of anilines is 1. The van der Waals surface area contributed by atoms with Gasteiger partial charge < -0.3 is 10.1 Å². The number of rotatable bonds is 5. The van der Waals surface area contributed by atoms with Gasteiger partial charge in [-0.15, -0.1) is 0 Å². The Hall–Kier alpha value is -2.90. The lowest BCUT2D eigenvalue weighted by atomic mass is 10.2. The number of amides is 1. The Labute approximate surface area is 126 Å². The highest BCUT2D eigenvalue weighted by Gasteiger charge is 2.19. The molecule has 8 heteroatoms. The first-order valence-corrected chi connectivity index (χ1v) is 6.56. The van der Waals surface area contributed by atoms with Crippen LogP contribution < -0.4 is 10.1 Å². The summed E-state index contributed by atoms with van der Waals surface area (Å²) in [6, 6.07) is 3.49. The topological polar surface area (TPSA) is 99.3 Å². The minimum Gasteiger partial charge on any atom is -0.494 e. The number of hydrogen-bond donors (Lipinski definition) is 1. The number of nitro groups is 1. The fourth-order valence-corrected chi connectivity index (χ4v) is 1.90. The third-order valence-electron chi connectivity index (χ3n) is 3.16. The van der Waals surface area contributed by atoms with Gasteiger partial charge in [0, 0.05) is 12.3 Å². The van der Waals surface area contributed by atoms with E-state index in [-0.39, 0.29) is 17.3 Å². The number of non-ortho nitro benzene ring substituents is 1. The Balaban J connectivity index is 2.19. The van der Waals surface area contributed by atoms with Crippen LogP contribution in [-0.2, 0) is 4.79 Å². The van der Waals surface area contributed by atoms with E-state index in [4.69, 9.17) is 4.74 Å². The van der Waals surface area contributed by atoms with Gasteiger partial charge in [0.2, 0.25) is 5.91 Å². The molecule has 0 aliphatic heterocycles. The molecule has 116 valence electrons. The SMILES string of the molecule is COc1cc([N+](=O)[O-])ccc1NC(=O)C(C)n1cc(C)cn1. The summed E-state index contributed by atoms with van der Waals surface area (Å²) in [7, 11) is 1.38. The average molecular weight is 304 g/mol. The number of aryl methyl sites for hydroxylation is 1. The number of nitrogens with zero attached hydrogens (tertiary/aromatic N) is 3. The minimum atomic E-state index is -0.525. The fourth-order valence-electron chi connectivity index (χ4n) is 1.90. The first-order valence-electron chi connectivity index (χ1n) is 6.56. The molecule has 0 saturated carbocycles. The van der Waals surface area contributed by atoms with Gasteiger partial charge in [-0.2, -0.15) is 5.10 Å². The molecule has 1 unspecified atom stereocenters. The molecule has 22 heavy (non-hydrogen) atoms. The van der Waals surface area contributed by atoms with E-state index in [2.05, 4.69) is 10.4 Å². The average Bonchev–Trinajstić information content (AvgIpc) is 2.93. The molecule has 0 radical (unpaired) electrons. The molecule has 1 amide bonds. The predicted octanol–water partition coefficient (Wildman–Crippen LogP) is 2.31. The number of ether oxygens (including phenoxy) is 1. The number of methoxy groups -OCH3 is 1. The van der Waals surface area contributed by atoms with Gasteiger partial charge in [-0.05, 0) is 25.5 Å². The Morgan fingerprint density at radius 1 is 1.50 bits per heavy atom. The van der Waals surface area contributed by atoms with Crippen molar-refractivity contribution in [3.05, 3.63) is 46.3 Å². The lowest BCUT2D eigenvalue weighted by Crippen LogP contribution is -2.24. The van der Waals surface area contributed by atoms with Crippen molar-refractivity contribution < 1.29 is 14.5 Å². The summed E-state index contributed by atoms with van der Waals surface area (Å²) in [5, 5.41) is 17.5. The Morgan fingerprint density at radius 3 is 2.77 bits per heavy atom. The van der Waals surface area contributed by atoms with Gasteiger partial charge in [-0.3, -0.25) is 19.6 Å². The zero-order valence-electron chi connectivity index (χ0n) is 12.4. The molecule has 2 rings (SSSR count). The highest BCUT2D eigenvalue weighted by molar-refractivity contribution is 5.95. The van der Waals surface area contributed by atoms with Crippen LogP contribution in [0.3, 0.4) is 0 Å². The third kappa shape index (κ3) is 3.22. The van der Waals surface area contributed by atoms with Crippen molar-refractivity contribution in [1.82, 2.24) is 9.78 Å². The molecule has 1 aromatic carbocycles. The second kappa shape index (κ2) is 6.25. The predicted molar refractivity (Wildman–Crippen MR) is 80.0 cm³/mol. The number of nitrogens with one attached hydrogen (secondary N) is 1. The van der Waals surface area contributed by atoms with E-state index in [0.29, 0.717) is 5.69 Å². The van der Waals surface area contributed by atoms with Gasteiger partial charge in [0.1, 0.15) is 11.8 Å². The minimum absolute atomic E-state index is 0.106. The molecule has 1 aromatic heterocycles. The van der Waals surface area contributed by atoms with Crippen molar-refractivity contribution in [2.75, 3.05) is 12.4 Å². The maximum Gasteiger partial charge on any atom is 0.273 e. The van der Waals surface area contributed by atoms with E-state index < -0.39 is 11.0 Å². The van der Waals surface area contributed by atoms with E-state index in [1.165, 1.54) is 25.3 Å². The highest BCUT2D eigenvalue weighted by Crippen LogP contribution is 2.29. The number of nitro benzene ring substituents is 1. The van der Waals surface area contributed by atoms with Crippen LogP contribution >= 0.6 is 0 Å². The van der Waals surface area contributed by atoms with E-state index in [1.807, 2.05) is 6.92 Å². The van der Waals surface area contributed by atoms with Crippen LogP contribution in [0, 0.1) is 17.0 Å². The number of hydrogen-bond acceptors (Lipinski definition) is 5. The van der Waals surface area contributed by atoms with E-state index in [0.717, 1.165) is 5.56 Å². The largest absolute Gasteiger partial charge is 0.494 e. The second-order valence-corrected chi connectivity index (χ2v) is 4.80. The number of benzene rings is 1. The number of carbonyl (C=O) groups is 1. The van der Waals surface area contributed by atoms with Crippen LogP contribution in [0.1, 0.15) is 18.5 Å². The standard InChI is InChI=1S/C14H16N4O4/c1-9-7-15-17(8-9)10(2)14(19)16-12-5-4-11(18(20)21)6-13(12)22-3/h4-8,10H,1-3H3,(H,16,19). The quantitative estimate of drug-likeness (QED) is 0.675. The molecule has 0 spiro atoms. The normalized spacial score (nSPS) is 11.8. The monoisotopic (exact) mass is 304 g/mol. The molecular formula is C14H16N4O4. The van der Waals surface area contributed by atoms with Gasteiger partial charge in [-0.1, -0.05) is 0 Å². The molecule has 2 aromatic rings. The van der Waals surface area contributed by atoms with Crippen molar-refractivity contribution in [3.8, 4) is 5.75 Å². The molecule has 0 bridgehead atoms. The number of aromatic nitrogens is 2. The summed E-state index contributed by atoms with van der Waals surface area (Å²) in [6.45, 7) is 3.59. The van der Waals surface area contributed by atoms with Gasteiger partial charge in [0.05, 0.1) is 30.0 Å². The Morgan fingerprint density at radius 2 is 2.23 bits per heavy atom. The molecule has 8 nitrogen and oxygen atoms in total. The summed E-state index contributed by atoms with van der Waals surface area (Å²) in [5.74, 6) is -0.0679. The third-order valence-corrected chi connectivity index (χ3v) is 3.16. The molecule has 1 atom stereocenters. The van der Waals surface area contributed by atoms with Crippen LogP contribution in [0.4, 0.5) is 11.4 Å². The fraction of sp³-hybridized carbons (Fsp3) is 0.286. The molecule has 1 heterocycles. The summed E-state index contributed by atoms with van der Waals surface area (Å²) < 4.78 is 6.63. The zero-order chi connectivity index (χ0) is 16.3. The summed E-state index contributed by atoms with van der Waals surface area (Å²) in [5.41, 5.74) is 1.21.